The van der Waals surface area contributed by atoms with Crippen molar-refractivity contribution in [2.75, 3.05) is 26.2 Å². The monoisotopic (exact) mass is 256 g/mol. The highest BCUT2D eigenvalue weighted by Gasteiger charge is 2.49. The predicted octanol–water partition coefficient (Wildman–Crippen LogP) is -0.144. The molecule has 0 bridgehead atoms. The first kappa shape index (κ1) is 13.6. The lowest BCUT2D eigenvalue weighted by Gasteiger charge is -2.19. The topological polar surface area (TPSA) is 52.6 Å². The first-order chi connectivity index (χ1) is 7.00. The van der Waals surface area contributed by atoms with E-state index in [1.165, 1.54) is 0 Å². The third-order valence-corrected chi connectivity index (χ3v) is 3.00. The van der Waals surface area contributed by atoms with Gasteiger partial charge in [0.1, 0.15) is 6.10 Å². The van der Waals surface area contributed by atoms with Crippen molar-refractivity contribution in [1.29, 1.82) is 0 Å². The van der Waals surface area contributed by atoms with Crippen LogP contribution in [-0.4, -0.2) is 54.1 Å². The van der Waals surface area contributed by atoms with Crippen molar-refractivity contribution in [3.05, 3.63) is 0 Å². The molecule has 0 spiro atoms. The van der Waals surface area contributed by atoms with Crippen molar-refractivity contribution in [1.82, 2.24) is 10.2 Å². The first-order valence-corrected chi connectivity index (χ1v) is 5.06. The van der Waals surface area contributed by atoms with Gasteiger partial charge >= 0.3 is 0 Å². The Labute approximate surface area is 98.4 Å². The molecule has 0 saturated carbocycles. The molecule has 2 aliphatic heterocycles. The molecule has 1 amide bonds. The number of halogens is 3. The Kier molecular flexibility index (Phi) is 4.09. The fourth-order valence-electron chi connectivity index (χ4n) is 2.06. The number of likely N-dealkylation sites (tertiary alicyclic amines) is 1. The summed E-state index contributed by atoms with van der Waals surface area (Å²) in [5, 5.41) is 12.1. The van der Waals surface area contributed by atoms with Gasteiger partial charge in [0.2, 0.25) is 5.91 Å². The molecule has 94 valence electrons. The van der Waals surface area contributed by atoms with E-state index in [0.29, 0.717) is 13.0 Å². The van der Waals surface area contributed by atoms with Crippen LogP contribution in [0.1, 0.15) is 6.42 Å². The van der Waals surface area contributed by atoms with E-state index in [0.717, 1.165) is 11.4 Å². The summed E-state index contributed by atoms with van der Waals surface area (Å²) in [6.45, 7) is 0.409. The second-order valence-electron chi connectivity index (χ2n) is 4.19. The summed E-state index contributed by atoms with van der Waals surface area (Å²) in [6, 6.07) is 0. The Hall–Kier alpha value is -0.460. The van der Waals surface area contributed by atoms with Gasteiger partial charge in [0.15, 0.2) is 0 Å². The van der Waals surface area contributed by atoms with Crippen LogP contribution in [0.5, 0.6) is 0 Å². The van der Waals surface area contributed by atoms with Crippen molar-refractivity contribution >= 4 is 18.3 Å². The minimum atomic E-state index is -3.15. The third-order valence-electron chi connectivity index (χ3n) is 3.00. The Bertz CT molecular complexity index is 272. The van der Waals surface area contributed by atoms with Crippen LogP contribution in [0.2, 0.25) is 0 Å². The number of carbonyl (C=O) groups is 1. The van der Waals surface area contributed by atoms with Crippen LogP contribution >= 0.6 is 12.4 Å². The Morgan fingerprint density at radius 1 is 1.50 bits per heavy atom. The van der Waals surface area contributed by atoms with Crippen LogP contribution in [0.15, 0.2) is 0 Å². The van der Waals surface area contributed by atoms with E-state index in [9.17, 15) is 13.6 Å². The molecule has 2 aliphatic rings. The number of amides is 1. The van der Waals surface area contributed by atoms with Crippen LogP contribution in [0.3, 0.4) is 0 Å². The van der Waals surface area contributed by atoms with E-state index in [-0.39, 0.29) is 30.8 Å². The zero-order valence-corrected chi connectivity index (χ0v) is 9.47. The van der Waals surface area contributed by atoms with Crippen molar-refractivity contribution in [2.24, 2.45) is 5.92 Å². The number of rotatable bonds is 1. The normalized spacial score (nSPS) is 32.6. The summed E-state index contributed by atoms with van der Waals surface area (Å²) in [6.07, 6.45) is -1.02. The van der Waals surface area contributed by atoms with Crippen LogP contribution in [-0.2, 0) is 4.79 Å². The van der Waals surface area contributed by atoms with Gasteiger partial charge in [0.25, 0.3) is 5.92 Å². The summed E-state index contributed by atoms with van der Waals surface area (Å²) in [5.74, 6) is -3.62. The molecule has 2 heterocycles. The summed E-state index contributed by atoms with van der Waals surface area (Å²) >= 11 is 0. The maximum atomic E-state index is 13.0. The number of β-amino-alcohol motifs (C(OH)–C–C–N with tert-alkyl or cyclic N) is 1. The van der Waals surface area contributed by atoms with Gasteiger partial charge in [0.05, 0.1) is 19.0 Å². The average molecular weight is 257 g/mol. The fraction of sp³-hybridized carbons (Fsp3) is 0.889. The van der Waals surface area contributed by atoms with E-state index in [1.54, 1.807) is 0 Å². The number of alkyl halides is 2. The molecular weight excluding hydrogens is 242 g/mol. The maximum absolute atomic E-state index is 13.0. The number of nitrogens with one attached hydrogen (secondary N) is 1. The molecule has 0 aromatic carbocycles. The summed E-state index contributed by atoms with van der Waals surface area (Å²) in [4.78, 5) is 12.8. The van der Waals surface area contributed by atoms with Crippen molar-refractivity contribution < 1.29 is 18.7 Å². The van der Waals surface area contributed by atoms with E-state index >= 15 is 0 Å². The minimum Gasteiger partial charge on any atom is -0.385 e. The highest BCUT2D eigenvalue weighted by Crippen LogP contribution is 2.29. The molecule has 0 aliphatic carbocycles. The summed E-state index contributed by atoms with van der Waals surface area (Å²) in [5.41, 5.74) is 0. The smallest absolute Gasteiger partial charge is 0.292 e. The minimum absolute atomic E-state index is 0. The molecule has 2 fully saturated rings. The van der Waals surface area contributed by atoms with Crippen molar-refractivity contribution in [3.8, 4) is 0 Å². The van der Waals surface area contributed by atoms with E-state index < -0.39 is 18.6 Å². The Morgan fingerprint density at radius 3 is 2.62 bits per heavy atom. The highest BCUT2D eigenvalue weighted by atomic mass is 35.5. The Morgan fingerprint density at radius 2 is 2.19 bits per heavy atom. The van der Waals surface area contributed by atoms with Gasteiger partial charge < -0.3 is 15.3 Å². The first-order valence-electron chi connectivity index (χ1n) is 5.06. The molecule has 0 aromatic heterocycles. The molecule has 16 heavy (non-hydrogen) atoms. The molecule has 0 radical (unpaired) electrons. The second-order valence-corrected chi connectivity index (χ2v) is 4.19. The van der Waals surface area contributed by atoms with E-state index in [1.807, 2.05) is 0 Å². The number of hydrogen-bond donors (Lipinski definition) is 2. The van der Waals surface area contributed by atoms with Gasteiger partial charge in [-0.2, -0.15) is 0 Å². The van der Waals surface area contributed by atoms with Gasteiger partial charge in [-0.3, -0.25) is 4.79 Å². The number of carbonyl (C=O) groups excluding carboxylic acids is 1. The SMILES string of the molecule is Cl.O=C(C1CCNC1)N1C[C@@H](O)C(F)(F)C1. The van der Waals surface area contributed by atoms with E-state index in [4.69, 9.17) is 5.11 Å². The lowest BCUT2D eigenvalue weighted by Crippen LogP contribution is -2.36. The Balaban J connectivity index is 0.00000128. The molecule has 0 aromatic rings. The van der Waals surface area contributed by atoms with Crippen LogP contribution < -0.4 is 5.32 Å². The van der Waals surface area contributed by atoms with Gasteiger partial charge in [-0.05, 0) is 13.0 Å². The molecule has 7 heteroatoms. The lowest BCUT2D eigenvalue weighted by atomic mass is 10.1. The standard InChI is InChI=1S/C9H14F2N2O2.ClH/c10-9(11)5-13(4-7(9)14)8(15)6-1-2-12-3-6;/h6-7,12,14H,1-5H2;1H/t6?,7-;/m1./s1. The summed E-state index contributed by atoms with van der Waals surface area (Å²) < 4.78 is 26.0. The summed E-state index contributed by atoms with van der Waals surface area (Å²) in [7, 11) is 0. The van der Waals surface area contributed by atoms with Gasteiger partial charge in [-0.15, -0.1) is 12.4 Å². The van der Waals surface area contributed by atoms with Crippen LogP contribution in [0.25, 0.3) is 0 Å². The number of aliphatic hydroxyl groups is 1. The molecular formula is C9H15ClF2N2O2. The largest absolute Gasteiger partial charge is 0.385 e. The maximum Gasteiger partial charge on any atom is 0.292 e. The predicted molar refractivity (Wildman–Crippen MR) is 55.8 cm³/mol. The van der Waals surface area contributed by atoms with Gasteiger partial charge in [0, 0.05) is 6.54 Å². The zero-order chi connectivity index (χ0) is 11.1. The van der Waals surface area contributed by atoms with Crippen LogP contribution in [0, 0.1) is 5.92 Å². The molecule has 2 atom stereocenters. The number of aliphatic hydroxyl groups excluding tert-OH is 1. The zero-order valence-electron chi connectivity index (χ0n) is 8.66. The molecule has 2 saturated heterocycles. The highest BCUT2D eigenvalue weighted by molar-refractivity contribution is 5.85. The fourth-order valence-corrected chi connectivity index (χ4v) is 2.06. The van der Waals surface area contributed by atoms with Gasteiger partial charge in [-0.25, -0.2) is 8.78 Å². The quantitative estimate of drug-likeness (QED) is 0.687. The third kappa shape index (κ3) is 2.44. The molecule has 1 unspecified atom stereocenters. The molecule has 2 N–H and O–H groups in total. The van der Waals surface area contributed by atoms with Gasteiger partial charge in [-0.1, -0.05) is 0 Å². The van der Waals surface area contributed by atoms with Crippen molar-refractivity contribution in [3.63, 3.8) is 0 Å². The van der Waals surface area contributed by atoms with Crippen LogP contribution in [0.4, 0.5) is 8.78 Å². The van der Waals surface area contributed by atoms with Crippen molar-refractivity contribution in [2.45, 2.75) is 18.4 Å². The lowest BCUT2D eigenvalue weighted by molar-refractivity contribution is -0.135. The molecule has 4 nitrogen and oxygen atoms in total. The van der Waals surface area contributed by atoms with E-state index in [2.05, 4.69) is 5.32 Å². The number of hydrogen-bond acceptors (Lipinski definition) is 3. The number of nitrogens with zero attached hydrogens (tertiary/aromatic N) is 1. The second kappa shape index (κ2) is 4.81. The molecule has 2 rings (SSSR count). The average Bonchev–Trinajstić information content (AvgIpc) is 2.74.